The van der Waals surface area contributed by atoms with Crippen LogP contribution in [0.1, 0.15) is 35.7 Å². The molecule has 2 rings (SSSR count). The second-order valence-corrected chi connectivity index (χ2v) is 4.27. The van der Waals surface area contributed by atoms with Crippen LogP contribution < -0.4 is 5.73 Å². The highest BCUT2D eigenvalue weighted by atomic mass is 16.1. The zero-order valence-electron chi connectivity index (χ0n) is 9.53. The lowest BCUT2D eigenvalue weighted by atomic mass is 9.91. The molecule has 0 saturated carbocycles. The van der Waals surface area contributed by atoms with Gasteiger partial charge in [-0.25, -0.2) is 0 Å². The average Bonchev–Trinajstić information content (AvgIpc) is 2.27. The molecule has 2 nitrogen and oxygen atoms in total. The fraction of sp³-hybridized carbons (Fsp3) is 0.214. The first-order valence-corrected chi connectivity index (χ1v) is 5.42. The third kappa shape index (κ3) is 1.67. The second kappa shape index (κ2) is 3.97. The van der Waals surface area contributed by atoms with Gasteiger partial charge in [0.2, 0.25) is 5.91 Å². The molecule has 0 atom stereocenters. The Morgan fingerprint density at radius 2 is 1.81 bits per heavy atom. The van der Waals surface area contributed by atoms with Crippen LogP contribution in [0.25, 0.3) is 10.8 Å². The van der Waals surface area contributed by atoms with Crippen molar-refractivity contribution in [3.8, 4) is 0 Å². The Hall–Kier alpha value is -1.83. The smallest absolute Gasteiger partial charge is 0.249 e. The summed E-state index contributed by atoms with van der Waals surface area (Å²) in [5.41, 5.74) is 7.08. The van der Waals surface area contributed by atoms with E-state index in [-0.39, 0.29) is 11.8 Å². The maximum absolute atomic E-state index is 11.4. The summed E-state index contributed by atoms with van der Waals surface area (Å²) in [6.07, 6.45) is 0. The quantitative estimate of drug-likeness (QED) is 0.818. The van der Waals surface area contributed by atoms with Crippen molar-refractivity contribution in [1.82, 2.24) is 0 Å². The third-order valence-corrected chi connectivity index (χ3v) is 2.81. The minimum atomic E-state index is -0.352. The fourth-order valence-corrected chi connectivity index (χ4v) is 2.13. The molecule has 0 saturated heterocycles. The highest BCUT2D eigenvalue weighted by molar-refractivity contribution is 6.01. The fourth-order valence-electron chi connectivity index (χ4n) is 2.13. The van der Waals surface area contributed by atoms with Gasteiger partial charge in [-0.2, -0.15) is 0 Å². The van der Waals surface area contributed by atoms with Gasteiger partial charge in [0, 0.05) is 5.56 Å². The summed E-state index contributed by atoms with van der Waals surface area (Å²) in [4.78, 5) is 11.4. The first-order chi connectivity index (χ1) is 7.61. The molecule has 2 heteroatoms. The van der Waals surface area contributed by atoms with E-state index in [0.29, 0.717) is 5.56 Å². The Bertz CT molecular complexity index is 543. The van der Waals surface area contributed by atoms with Crippen molar-refractivity contribution in [2.75, 3.05) is 0 Å². The van der Waals surface area contributed by atoms with Crippen LogP contribution in [-0.4, -0.2) is 5.91 Å². The van der Waals surface area contributed by atoms with Crippen molar-refractivity contribution >= 4 is 16.7 Å². The van der Waals surface area contributed by atoms with E-state index in [2.05, 4.69) is 13.8 Å². The molecule has 2 aromatic carbocycles. The largest absolute Gasteiger partial charge is 0.366 e. The lowest BCUT2D eigenvalue weighted by molar-refractivity contribution is 0.0999. The highest BCUT2D eigenvalue weighted by Gasteiger charge is 2.14. The summed E-state index contributed by atoms with van der Waals surface area (Å²) < 4.78 is 0. The minimum Gasteiger partial charge on any atom is -0.366 e. The van der Waals surface area contributed by atoms with Crippen molar-refractivity contribution in [2.45, 2.75) is 19.8 Å². The molecular formula is C14H15NO. The summed E-state index contributed by atoms with van der Waals surface area (Å²) in [5.74, 6) is -0.0666. The molecule has 0 aliphatic carbocycles. The number of nitrogens with two attached hydrogens (primary N) is 1. The number of rotatable bonds is 2. The maximum Gasteiger partial charge on any atom is 0.249 e. The molecule has 0 aliphatic heterocycles. The Balaban J connectivity index is 2.84. The molecule has 0 unspecified atom stereocenters. The number of fused-ring (bicyclic) bond motifs is 1. The van der Waals surface area contributed by atoms with Gasteiger partial charge >= 0.3 is 0 Å². The van der Waals surface area contributed by atoms with Crippen molar-refractivity contribution < 1.29 is 4.79 Å². The van der Waals surface area contributed by atoms with Gasteiger partial charge in [0.1, 0.15) is 0 Å². The molecule has 0 heterocycles. The monoisotopic (exact) mass is 213 g/mol. The van der Waals surface area contributed by atoms with Gasteiger partial charge in [0.25, 0.3) is 0 Å². The maximum atomic E-state index is 11.4. The number of carbonyl (C=O) groups is 1. The van der Waals surface area contributed by atoms with Crippen LogP contribution in [-0.2, 0) is 0 Å². The Kier molecular flexibility index (Phi) is 2.65. The van der Waals surface area contributed by atoms with E-state index in [4.69, 9.17) is 5.73 Å². The number of benzene rings is 2. The van der Waals surface area contributed by atoms with Gasteiger partial charge in [-0.15, -0.1) is 0 Å². The van der Waals surface area contributed by atoms with Gasteiger partial charge < -0.3 is 5.73 Å². The SMILES string of the molecule is CC(C)c1c(C(N)=O)ccc2ccccc12. The molecule has 0 fully saturated rings. The van der Waals surface area contributed by atoms with Gasteiger partial charge in [-0.1, -0.05) is 44.2 Å². The van der Waals surface area contributed by atoms with Crippen molar-refractivity contribution in [1.29, 1.82) is 0 Å². The van der Waals surface area contributed by atoms with Crippen LogP contribution in [0.2, 0.25) is 0 Å². The van der Waals surface area contributed by atoms with E-state index < -0.39 is 0 Å². The topological polar surface area (TPSA) is 43.1 Å². The molecule has 0 spiro atoms. The highest BCUT2D eigenvalue weighted by Crippen LogP contribution is 2.28. The number of amides is 1. The van der Waals surface area contributed by atoms with Gasteiger partial charge in [0.05, 0.1) is 0 Å². The van der Waals surface area contributed by atoms with Crippen LogP contribution in [0.15, 0.2) is 36.4 Å². The average molecular weight is 213 g/mol. The van der Waals surface area contributed by atoms with E-state index in [9.17, 15) is 4.79 Å². The molecule has 0 radical (unpaired) electrons. The number of carbonyl (C=O) groups excluding carboxylic acids is 1. The van der Waals surface area contributed by atoms with E-state index in [1.54, 1.807) is 0 Å². The number of hydrogen-bond donors (Lipinski definition) is 1. The standard InChI is InChI=1S/C14H15NO/c1-9(2)13-11-6-4-3-5-10(11)7-8-12(13)14(15)16/h3-9H,1-2H3,(H2,15,16). The number of hydrogen-bond acceptors (Lipinski definition) is 1. The Morgan fingerprint density at radius 3 is 2.44 bits per heavy atom. The van der Waals surface area contributed by atoms with E-state index in [1.807, 2.05) is 36.4 Å². The molecule has 1 amide bonds. The van der Waals surface area contributed by atoms with Gasteiger partial charge in [-0.3, -0.25) is 4.79 Å². The van der Waals surface area contributed by atoms with E-state index >= 15 is 0 Å². The number of primary amides is 1. The first-order valence-electron chi connectivity index (χ1n) is 5.42. The summed E-state index contributed by atoms with van der Waals surface area (Å²) >= 11 is 0. The molecular weight excluding hydrogens is 198 g/mol. The summed E-state index contributed by atoms with van der Waals surface area (Å²) in [5, 5.41) is 2.27. The Labute approximate surface area is 95.1 Å². The molecule has 2 aromatic rings. The van der Waals surface area contributed by atoms with Gasteiger partial charge in [0.15, 0.2) is 0 Å². The molecule has 0 bridgehead atoms. The minimum absolute atomic E-state index is 0.286. The van der Waals surface area contributed by atoms with Crippen molar-refractivity contribution in [3.63, 3.8) is 0 Å². The normalized spacial score (nSPS) is 10.9. The zero-order chi connectivity index (χ0) is 11.7. The van der Waals surface area contributed by atoms with Crippen LogP contribution in [0, 0.1) is 0 Å². The summed E-state index contributed by atoms with van der Waals surface area (Å²) in [6, 6.07) is 11.8. The van der Waals surface area contributed by atoms with E-state index in [1.165, 1.54) is 0 Å². The first kappa shape index (κ1) is 10.7. The van der Waals surface area contributed by atoms with Crippen molar-refractivity contribution in [3.05, 3.63) is 47.5 Å². The summed E-state index contributed by atoms with van der Waals surface area (Å²) in [6.45, 7) is 4.16. The van der Waals surface area contributed by atoms with E-state index in [0.717, 1.165) is 16.3 Å². The predicted octanol–water partition coefficient (Wildman–Crippen LogP) is 3.06. The summed E-state index contributed by atoms with van der Waals surface area (Å²) in [7, 11) is 0. The van der Waals surface area contributed by atoms with Crippen LogP contribution in [0.3, 0.4) is 0 Å². The zero-order valence-corrected chi connectivity index (χ0v) is 9.53. The second-order valence-electron chi connectivity index (χ2n) is 4.27. The van der Waals surface area contributed by atoms with Gasteiger partial charge in [-0.05, 0) is 28.3 Å². The lowest BCUT2D eigenvalue weighted by Gasteiger charge is -2.13. The molecule has 2 N–H and O–H groups in total. The lowest BCUT2D eigenvalue weighted by Crippen LogP contribution is -2.14. The molecule has 82 valence electrons. The van der Waals surface area contributed by atoms with Crippen LogP contribution >= 0.6 is 0 Å². The molecule has 0 aliphatic rings. The van der Waals surface area contributed by atoms with Crippen LogP contribution in [0.4, 0.5) is 0 Å². The molecule has 16 heavy (non-hydrogen) atoms. The predicted molar refractivity (Wildman–Crippen MR) is 66.6 cm³/mol. The van der Waals surface area contributed by atoms with Crippen LogP contribution in [0.5, 0.6) is 0 Å². The molecule has 0 aromatic heterocycles. The van der Waals surface area contributed by atoms with Crippen molar-refractivity contribution in [2.24, 2.45) is 5.73 Å². The third-order valence-electron chi connectivity index (χ3n) is 2.81. The Morgan fingerprint density at radius 1 is 1.12 bits per heavy atom.